The second kappa shape index (κ2) is 14.8. The molecule has 0 spiro atoms. The van der Waals surface area contributed by atoms with Crippen molar-refractivity contribution in [3.63, 3.8) is 0 Å². The Morgan fingerprint density at radius 1 is 0.946 bits per heavy atom. The van der Waals surface area contributed by atoms with E-state index in [2.05, 4.69) is 12.2 Å². The van der Waals surface area contributed by atoms with Gasteiger partial charge >= 0.3 is 0 Å². The molecule has 0 heterocycles. The molecular formula is C29H43N3O4S. The highest BCUT2D eigenvalue weighted by molar-refractivity contribution is 7.92. The van der Waals surface area contributed by atoms with E-state index in [1.807, 2.05) is 63.2 Å². The summed E-state index contributed by atoms with van der Waals surface area (Å²) >= 11 is 0. The number of nitrogens with one attached hydrogen (secondary N) is 1. The van der Waals surface area contributed by atoms with Crippen molar-refractivity contribution in [2.45, 2.75) is 72.3 Å². The monoisotopic (exact) mass is 529 g/mol. The minimum Gasteiger partial charge on any atom is -0.354 e. The van der Waals surface area contributed by atoms with Gasteiger partial charge in [-0.1, -0.05) is 62.7 Å². The molecule has 0 aliphatic heterocycles. The fourth-order valence-electron chi connectivity index (χ4n) is 4.39. The predicted molar refractivity (Wildman–Crippen MR) is 151 cm³/mol. The third-order valence-corrected chi connectivity index (χ3v) is 7.88. The number of rotatable bonds is 15. The Morgan fingerprint density at radius 2 is 1.65 bits per heavy atom. The Morgan fingerprint density at radius 3 is 2.27 bits per heavy atom. The Labute approximate surface area is 223 Å². The van der Waals surface area contributed by atoms with E-state index in [4.69, 9.17) is 0 Å². The fourth-order valence-corrected chi connectivity index (χ4v) is 5.41. The molecule has 0 saturated heterocycles. The van der Waals surface area contributed by atoms with Crippen molar-refractivity contribution in [1.29, 1.82) is 0 Å². The van der Waals surface area contributed by atoms with Crippen molar-refractivity contribution >= 4 is 27.5 Å². The SMILES string of the molecule is CCCCNC(=O)[C@H](CC)N(CCc1ccccc1)C(=O)CCCN(c1cccc(C)c1C)S(C)(=O)=O. The molecule has 2 rings (SSSR count). The van der Waals surface area contributed by atoms with Crippen LogP contribution in [-0.4, -0.2) is 57.1 Å². The molecule has 204 valence electrons. The van der Waals surface area contributed by atoms with E-state index in [-0.39, 0.29) is 24.8 Å². The number of sulfonamides is 1. The molecule has 2 aromatic carbocycles. The highest BCUT2D eigenvalue weighted by Gasteiger charge is 2.28. The lowest BCUT2D eigenvalue weighted by atomic mass is 10.1. The van der Waals surface area contributed by atoms with Gasteiger partial charge in [0, 0.05) is 26.1 Å². The summed E-state index contributed by atoms with van der Waals surface area (Å²) in [6.07, 6.45) is 4.72. The molecule has 0 unspecified atom stereocenters. The van der Waals surface area contributed by atoms with Crippen molar-refractivity contribution < 1.29 is 18.0 Å². The molecule has 0 saturated carbocycles. The molecule has 2 aromatic rings. The standard InChI is InChI=1S/C29H43N3O4S/c1-6-8-20-30-29(34)26(7-2)31(22-19-25-15-10-9-11-16-25)28(33)18-13-21-32(37(5,35)36)27-17-12-14-23(3)24(27)4/h9-12,14-17,26H,6-8,13,18-22H2,1-5H3,(H,30,34)/t26-/m0/s1. The van der Waals surface area contributed by atoms with E-state index in [1.54, 1.807) is 11.0 Å². The molecule has 0 fully saturated rings. The molecule has 8 heteroatoms. The Kier molecular flexibility index (Phi) is 12.1. The second-order valence-electron chi connectivity index (χ2n) is 9.55. The molecule has 7 nitrogen and oxygen atoms in total. The number of unbranched alkanes of at least 4 members (excludes halogenated alkanes) is 1. The zero-order valence-electron chi connectivity index (χ0n) is 23.0. The fraction of sp³-hybridized carbons (Fsp3) is 0.517. The van der Waals surface area contributed by atoms with Crippen LogP contribution in [0.25, 0.3) is 0 Å². The zero-order chi connectivity index (χ0) is 27.4. The molecule has 0 aromatic heterocycles. The summed E-state index contributed by atoms with van der Waals surface area (Å²) in [7, 11) is -3.52. The van der Waals surface area contributed by atoms with Gasteiger partial charge in [-0.3, -0.25) is 13.9 Å². The van der Waals surface area contributed by atoms with Crippen LogP contribution in [0.4, 0.5) is 5.69 Å². The van der Waals surface area contributed by atoms with E-state index in [0.717, 1.165) is 29.5 Å². The highest BCUT2D eigenvalue weighted by atomic mass is 32.2. The Balaban J connectivity index is 2.17. The van der Waals surface area contributed by atoms with Gasteiger partial charge < -0.3 is 10.2 Å². The van der Waals surface area contributed by atoms with E-state index >= 15 is 0 Å². The van der Waals surface area contributed by atoms with Crippen molar-refractivity contribution in [3.8, 4) is 0 Å². The first-order chi connectivity index (χ1) is 17.6. The lowest BCUT2D eigenvalue weighted by molar-refractivity contribution is -0.140. The summed E-state index contributed by atoms with van der Waals surface area (Å²) in [5.74, 6) is -0.270. The van der Waals surface area contributed by atoms with Crippen LogP contribution >= 0.6 is 0 Å². The third-order valence-electron chi connectivity index (χ3n) is 6.70. The smallest absolute Gasteiger partial charge is 0.242 e. The van der Waals surface area contributed by atoms with Gasteiger partial charge in [0.1, 0.15) is 6.04 Å². The first-order valence-corrected chi connectivity index (χ1v) is 15.1. The van der Waals surface area contributed by atoms with Crippen LogP contribution in [0.3, 0.4) is 0 Å². The van der Waals surface area contributed by atoms with Crippen LogP contribution in [0.15, 0.2) is 48.5 Å². The lowest BCUT2D eigenvalue weighted by Gasteiger charge is -2.31. The van der Waals surface area contributed by atoms with Gasteiger partial charge in [0.15, 0.2) is 0 Å². The number of nitrogens with zero attached hydrogens (tertiary/aromatic N) is 2. The zero-order valence-corrected chi connectivity index (χ0v) is 23.8. The maximum atomic E-state index is 13.5. The van der Waals surface area contributed by atoms with E-state index in [1.165, 1.54) is 10.6 Å². The minimum atomic E-state index is -3.52. The van der Waals surface area contributed by atoms with Crippen LogP contribution in [-0.2, 0) is 26.0 Å². The Hall–Kier alpha value is -2.87. The van der Waals surface area contributed by atoms with Crippen LogP contribution in [0, 0.1) is 13.8 Å². The number of aryl methyl sites for hydroxylation is 1. The molecule has 1 N–H and O–H groups in total. The number of hydrogen-bond acceptors (Lipinski definition) is 4. The topological polar surface area (TPSA) is 86.8 Å². The van der Waals surface area contributed by atoms with Gasteiger partial charge in [-0.25, -0.2) is 8.42 Å². The number of benzene rings is 2. The van der Waals surface area contributed by atoms with Gasteiger partial charge in [0.25, 0.3) is 0 Å². The number of anilines is 1. The van der Waals surface area contributed by atoms with Crippen LogP contribution in [0.1, 0.15) is 62.6 Å². The second-order valence-corrected chi connectivity index (χ2v) is 11.5. The summed E-state index contributed by atoms with van der Waals surface area (Å²) in [6.45, 7) is 9.05. The van der Waals surface area contributed by atoms with E-state index < -0.39 is 16.1 Å². The van der Waals surface area contributed by atoms with Crippen molar-refractivity contribution in [2.24, 2.45) is 0 Å². The van der Waals surface area contributed by atoms with Gasteiger partial charge in [0.05, 0.1) is 11.9 Å². The number of amides is 2. The molecule has 1 atom stereocenters. The largest absolute Gasteiger partial charge is 0.354 e. The predicted octanol–water partition coefficient (Wildman–Crippen LogP) is 4.62. The van der Waals surface area contributed by atoms with E-state index in [0.29, 0.717) is 38.0 Å². The van der Waals surface area contributed by atoms with Crippen LogP contribution in [0.2, 0.25) is 0 Å². The van der Waals surface area contributed by atoms with E-state index in [9.17, 15) is 18.0 Å². The summed E-state index contributed by atoms with van der Waals surface area (Å²) in [5.41, 5.74) is 3.64. The average Bonchev–Trinajstić information content (AvgIpc) is 2.86. The quantitative estimate of drug-likeness (QED) is 0.341. The number of carbonyl (C=O) groups is 2. The molecule has 0 aliphatic rings. The van der Waals surface area contributed by atoms with Gasteiger partial charge in [-0.05, 0) is 62.3 Å². The van der Waals surface area contributed by atoms with Crippen LogP contribution < -0.4 is 9.62 Å². The number of hydrogen-bond donors (Lipinski definition) is 1. The molecule has 0 radical (unpaired) electrons. The third kappa shape index (κ3) is 9.18. The lowest BCUT2D eigenvalue weighted by Crippen LogP contribution is -2.50. The molecule has 0 bridgehead atoms. The normalized spacial score (nSPS) is 12.1. The molecule has 2 amide bonds. The first kappa shape index (κ1) is 30.4. The maximum absolute atomic E-state index is 13.5. The van der Waals surface area contributed by atoms with Crippen molar-refractivity contribution in [2.75, 3.05) is 30.2 Å². The number of carbonyl (C=O) groups excluding carboxylic acids is 2. The first-order valence-electron chi connectivity index (χ1n) is 13.2. The molecule has 0 aliphatic carbocycles. The van der Waals surface area contributed by atoms with Gasteiger partial charge in [0.2, 0.25) is 21.8 Å². The average molecular weight is 530 g/mol. The van der Waals surface area contributed by atoms with Gasteiger partial charge in [-0.2, -0.15) is 0 Å². The van der Waals surface area contributed by atoms with Gasteiger partial charge in [-0.15, -0.1) is 0 Å². The van der Waals surface area contributed by atoms with Crippen LogP contribution in [0.5, 0.6) is 0 Å². The van der Waals surface area contributed by atoms with Crippen molar-refractivity contribution in [1.82, 2.24) is 10.2 Å². The summed E-state index contributed by atoms with van der Waals surface area (Å²) in [4.78, 5) is 28.1. The molecular weight excluding hydrogens is 486 g/mol. The molecule has 37 heavy (non-hydrogen) atoms. The van der Waals surface area contributed by atoms with Crippen molar-refractivity contribution in [3.05, 3.63) is 65.2 Å². The summed E-state index contributed by atoms with van der Waals surface area (Å²) < 4.78 is 26.6. The summed E-state index contributed by atoms with van der Waals surface area (Å²) in [5, 5.41) is 2.97. The maximum Gasteiger partial charge on any atom is 0.242 e. The summed E-state index contributed by atoms with van der Waals surface area (Å²) in [6, 6.07) is 14.9. The Bertz CT molecular complexity index is 1120. The minimum absolute atomic E-state index is 0.134. The highest BCUT2D eigenvalue weighted by Crippen LogP contribution is 2.25.